The standard InChI is InChI=1S/C12H16O6/c1-3-17-9(14)11(2)7-6-18-10(15)12(7,16)5-4-8(11)13/h4-5,7-8,13,16H,3,6H2,1-2H3/t7-,8-,11-,12-/m0/s1. The van der Waals surface area contributed by atoms with Crippen LogP contribution in [0.25, 0.3) is 0 Å². The maximum absolute atomic E-state index is 12.0. The Hall–Kier alpha value is -1.40. The summed E-state index contributed by atoms with van der Waals surface area (Å²) in [5.41, 5.74) is -3.26. The average molecular weight is 256 g/mol. The molecule has 2 rings (SSSR count). The maximum atomic E-state index is 12.0. The van der Waals surface area contributed by atoms with Crippen LogP contribution in [0.2, 0.25) is 0 Å². The first-order valence-corrected chi connectivity index (χ1v) is 5.81. The molecule has 0 unspecified atom stereocenters. The number of carbonyl (C=O) groups excluding carboxylic acids is 2. The van der Waals surface area contributed by atoms with Gasteiger partial charge in [0.05, 0.1) is 25.2 Å². The van der Waals surface area contributed by atoms with Crippen LogP contribution in [0.5, 0.6) is 0 Å². The van der Waals surface area contributed by atoms with Crippen LogP contribution in [0, 0.1) is 11.3 Å². The minimum Gasteiger partial charge on any atom is -0.465 e. The number of hydrogen-bond donors (Lipinski definition) is 2. The molecule has 1 fully saturated rings. The van der Waals surface area contributed by atoms with E-state index in [0.29, 0.717) is 0 Å². The van der Waals surface area contributed by atoms with Crippen LogP contribution in [0.3, 0.4) is 0 Å². The van der Waals surface area contributed by atoms with Gasteiger partial charge in [-0.2, -0.15) is 0 Å². The van der Waals surface area contributed by atoms with E-state index in [0.717, 1.165) is 0 Å². The fourth-order valence-corrected chi connectivity index (χ4v) is 2.55. The number of fused-ring (bicyclic) bond motifs is 1. The quantitative estimate of drug-likeness (QED) is 0.506. The van der Waals surface area contributed by atoms with E-state index in [2.05, 4.69) is 0 Å². The third-order valence-electron chi connectivity index (χ3n) is 3.83. The van der Waals surface area contributed by atoms with Crippen molar-refractivity contribution in [1.82, 2.24) is 0 Å². The second kappa shape index (κ2) is 4.07. The van der Waals surface area contributed by atoms with Gasteiger partial charge in [0.15, 0.2) is 5.60 Å². The Balaban J connectivity index is 2.44. The molecule has 0 bridgehead atoms. The van der Waals surface area contributed by atoms with Gasteiger partial charge in [-0.1, -0.05) is 6.08 Å². The van der Waals surface area contributed by atoms with Crippen LogP contribution >= 0.6 is 0 Å². The van der Waals surface area contributed by atoms with E-state index >= 15 is 0 Å². The lowest BCUT2D eigenvalue weighted by atomic mass is 9.63. The first-order valence-electron chi connectivity index (χ1n) is 5.81. The predicted octanol–water partition coefficient (Wildman–Crippen LogP) is -0.609. The predicted molar refractivity (Wildman–Crippen MR) is 59.3 cm³/mol. The van der Waals surface area contributed by atoms with Crippen molar-refractivity contribution in [3.05, 3.63) is 12.2 Å². The first kappa shape index (κ1) is 13.0. The van der Waals surface area contributed by atoms with Gasteiger partial charge < -0.3 is 19.7 Å². The average Bonchev–Trinajstić information content (AvgIpc) is 2.63. The summed E-state index contributed by atoms with van der Waals surface area (Å²) >= 11 is 0. The Morgan fingerprint density at radius 1 is 1.67 bits per heavy atom. The zero-order chi connectivity index (χ0) is 13.6. The molecule has 1 saturated heterocycles. The van der Waals surface area contributed by atoms with Crippen molar-refractivity contribution in [3.8, 4) is 0 Å². The molecule has 6 nitrogen and oxygen atoms in total. The van der Waals surface area contributed by atoms with Crippen molar-refractivity contribution < 1.29 is 29.3 Å². The van der Waals surface area contributed by atoms with E-state index in [1.54, 1.807) is 6.92 Å². The monoisotopic (exact) mass is 256 g/mol. The van der Waals surface area contributed by atoms with Crippen LogP contribution in [-0.4, -0.2) is 47.1 Å². The summed E-state index contributed by atoms with van der Waals surface area (Å²) in [6.07, 6.45) is 1.30. The molecule has 2 N–H and O–H groups in total. The molecule has 0 aromatic carbocycles. The van der Waals surface area contributed by atoms with Crippen molar-refractivity contribution in [2.75, 3.05) is 13.2 Å². The largest absolute Gasteiger partial charge is 0.465 e. The summed E-state index contributed by atoms with van der Waals surface area (Å²) in [6.45, 7) is 3.16. The molecule has 0 radical (unpaired) electrons. The molecule has 0 aromatic heterocycles. The number of ether oxygens (including phenoxy) is 2. The minimum absolute atomic E-state index is 0.119. The Morgan fingerprint density at radius 2 is 2.33 bits per heavy atom. The SMILES string of the molecule is CCOC(=O)[C@]1(C)[C@@H](O)C=C[C@@]2(O)C(=O)OC[C@@H]12. The maximum Gasteiger partial charge on any atom is 0.342 e. The summed E-state index contributed by atoms with van der Waals surface area (Å²) in [6, 6.07) is 0. The number of aliphatic hydroxyl groups is 2. The highest BCUT2D eigenvalue weighted by molar-refractivity contribution is 5.88. The number of cyclic esters (lactones) is 1. The Labute approximate surface area is 104 Å². The second-order valence-electron chi connectivity index (χ2n) is 4.78. The Kier molecular flexibility index (Phi) is 2.95. The number of hydrogen-bond acceptors (Lipinski definition) is 6. The molecule has 0 saturated carbocycles. The molecule has 0 aromatic rings. The van der Waals surface area contributed by atoms with Crippen LogP contribution in [0.1, 0.15) is 13.8 Å². The lowest BCUT2D eigenvalue weighted by molar-refractivity contribution is -0.173. The van der Waals surface area contributed by atoms with E-state index in [-0.39, 0.29) is 13.2 Å². The Morgan fingerprint density at radius 3 is 2.94 bits per heavy atom. The molecule has 1 aliphatic heterocycles. The summed E-state index contributed by atoms with van der Waals surface area (Å²) in [4.78, 5) is 23.6. The second-order valence-corrected chi connectivity index (χ2v) is 4.78. The van der Waals surface area contributed by atoms with Gasteiger partial charge in [0.2, 0.25) is 0 Å². The number of carbonyl (C=O) groups is 2. The third kappa shape index (κ3) is 1.49. The van der Waals surface area contributed by atoms with E-state index in [1.807, 2.05) is 0 Å². The molecule has 18 heavy (non-hydrogen) atoms. The smallest absolute Gasteiger partial charge is 0.342 e. The highest BCUT2D eigenvalue weighted by atomic mass is 16.6. The minimum atomic E-state index is -1.86. The van der Waals surface area contributed by atoms with Crippen LogP contribution in [0.15, 0.2) is 12.2 Å². The van der Waals surface area contributed by atoms with Crippen LogP contribution in [0.4, 0.5) is 0 Å². The number of esters is 2. The molecule has 0 amide bonds. The fourth-order valence-electron chi connectivity index (χ4n) is 2.55. The highest BCUT2D eigenvalue weighted by Crippen LogP contribution is 2.47. The van der Waals surface area contributed by atoms with Crippen molar-refractivity contribution in [2.45, 2.75) is 25.6 Å². The Bertz CT molecular complexity index is 417. The molecule has 2 aliphatic rings. The molecule has 1 heterocycles. The molecule has 1 aliphatic carbocycles. The van der Waals surface area contributed by atoms with E-state index in [9.17, 15) is 19.8 Å². The highest BCUT2D eigenvalue weighted by Gasteiger charge is 2.64. The van der Waals surface area contributed by atoms with Gasteiger partial charge in [-0.05, 0) is 19.9 Å². The van der Waals surface area contributed by atoms with Gasteiger partial charge in [-0.15, -0.1) is 0 Å². The van der Waals surface area contributed by atoms with Gasteiger partial charge in [-0.25, -0.2) is 4.79 Å². The lowest BCUT2D eigenvalue weighted by Crippen LogP contribution is -2.58. The normalized spacial score (nSPS) is 42.3. The summed E-state index contributed by atoms with van der Waals surface area (Å²) in [5.74, 6) is -2.30. The van der Waals surface area contributed by atoms with Gasteiger partial charge in [0.25, 0.3) is 0 Å². The summed E-state index contributed by atoms with van der Waals surface area (Å²) in [7, 11) is 0. The molecular formula is C12H16O6. The van der Waals surface area contributed by atoms with Crippen molar-refractivity contribution >= 4 is 11.9 Å². The fraction of sp³-hybridized carbons (Fsp3) is 0.667. The number of aliphatic hydroxyl groups excluding tert-OH is 1. The van der Waals surface area contributed by atoms with Gasteiger partial charge in [0.1, 0.15) is 5.41 Å². The molecule has 100 valence electrons. The van der Waals surface area contributed by atoms with Crippen molar-refractivity contribution in [3.63, 3.8) is 0 Å². The molecular weight excluding hydrogens is 240 g/mol. The molecule has 4 atom stereocenters. The summed E-state index contributed by atoms with van der Waals surface area (Å²) < 4.78 is 9.75. The van der Waals surface area contributed by atoms with Crippen LogP contribution in [-0.2, 0) is 19.1 Å². The molecule has 6 heteroatoms. The zero-order valence-electron chi connectivity index (χ0n) is 10.3. The van der Waals surface area contributed by atoms with Crippen LogP contribution < -0.4 is 0 Å². The summed E-state index contributed by atoms with van der Waals surface area (Å²) in [5, 5.41) is 20.3. The van der Waals surface area contributed by atoms with Gasteiger partial charge >= 0.3 is 11.9 Å². The molecule has 0 spiro atoms. The topological polar surface area (TPSA) is 93.1 Å². The van der Waals surface area contributed by atoms with Crippen molar-refractivity contribution in [1.29, 1.82) is 0 Å². The van der Waals surface area contributed by atoms with E-state index in [4.69, 9.17) is 9.47 Å². The van der Waals surface area contributed by atoms with Gasteiger partial charge in [-0.3, -0.25) is 4.79 Å². The van der Waals surface area contributed by atoms with Crippen molar-refractivity contribution in [2.24, 2.45) is 11.3 Å². The lowest BCUT2D eigenvalue weighted by Gasteiger charge is -2.42. The third-order valence-corrected chi connectivity index (χ3v) is 3.83. The zero-order valence-corrected chi connectivity index (χ0v) is 10.3. The van der Waals surface area contributed by atoms with Gasteiger partial charge in [0, 0.05) is 0 Å². The van der Waals surface area contributed by atoms with E-state index < -0.39 is 35.0 Å². The number of rotatable bonds is 2. The first-order chi connectivity index (χ1) is 8.37. The van der Waals surface area contributed by atoms with E-state index in [1.165, 1.54) is 19.1 Å².